The van der Waals surface area contributed by atoms with Gasteiger partial charge in [0.1, 0.15) is 11.4 Å². The largest absolute Gasteiger partial charge is 0.394 e. The van der Waals surface area contributed by atoms with Crippen molar-refractivity contribution in [2.45, 2.75) is 13.1 Å². The van der Waals surface area contributed by atoms with Crippen LogP contribution in [0.2, 0.25) is 0 Å². The molecule has 18 heavy (non-hydrogen) atoms. The molecule has 0 atom stereocenters. The summed E-state index contributed by atoms with van der Waals surface area (Å²) in [7, 11) is 0. The molecule has 2 aromatic carbocycles. The van der Waals surface area contributed by atoms with Gasteiger partial charge >= 0.3 is 0 Å². The van der Waals surface area contributed by atoms with Gasteiger partial charge in [-0.05, 0) is 11.1 Å². The predicted octanol–water partition coefficient (Wildman–Crippen LogP) is 0.357. The van der Waals surface area contributed by atoms with E-state index in [4.69, 9.17) is 11.5 Å². The van der Waals surface area contributed by atoms with E-state index in [1.165, 1.54) is 0 Å². The summed E-state index contributed by atoms with van der Waals surface area (Å²) in [4.78, 5) is 22.0. The molecule has 0 radical (unpaired) electrons. The fourth-order valence-corrected chi connectivity index (χ4v) is 1.64. The third-order valence-corrected chi connectivity index (χ3v) is 2.64. The van der Waals surface area contributed by atoms with Crippen LogP contribution in [0.5, 0.6) is 0 Å². The number of hydrogen-bond acceptors (Lipinski definition) is 5. The number of nitrogen functional groups attached to an aromatic ring is 1. The van der Waals surface area contributed by atoms with Crippen molar-refractivity contribution in [3.05, 3.63) is 55.8 Å². The van der Waals surface area contributed by atoms with Crippen LogP contribution in [0.25, 0.3) is 0 Å². The van der Waals surface area contributed by atoms with Crippen LogP contribution in [0.4, 0.5) is 11.4 Å². The average molecular weight is 268 g/mol. The lowest BCUT2D eigenvalue weighted by Crippen LogP contribution is -2.36. The van der Waals surface area contributed by atoms with Gasteiger partial charge < -0.3 is 16.8 Å². The molecule has 0 unspecified atom stereocenters. The third kappa shape index (κ3) is 2.52. The van der Waals surface area contributed by atoms with Crippen molar-refractivity contribution in [3.63, 3.8) is 0 Å². The van der Waals surface area contributed by atoms with Gasteiger partial charge in [-0.2, -0.15) is 0 Å². The minimum absolute atomic E-state index is 0. The molecule has 6 heteroatoms. The Hall–Kier alpha value is -1.85. The van der Waals surface area contributed by atoms with Crippen LogP contribution in [-0.2, 0) is 13.1 Å². The highest BCUT2D eigenvalue weighted by molar-refractivity contribution is 5.85. The second kappa shape index (κ2) is 5.66. The van der Waals surface area contributed by atoms with E-state index < -0.39 is 10.9 Å². The van der Waals surface area contributed by atoms with Gasteiger partial charge in [0.05, 0.1) is 0 Å². The van der Waals surface area contributed by atoms with E-state index in [1.807, 2.05) is 24.3 Å². The van der Waals surface area contributed by atoms with Crippen LogP contribution >= 0.6 is 12.4 Å². The maximum atomic E-state index is 11.1. The van der Waals surface area contributed by atoms with E-state index in [-0.39, 0.29) is 23.8 Å². The molecule has 96 valence electrons. The van der Waals surface area contributed by atoms with Crippen molar-refractivity contribution in [2.24, 2.45) is 5.73 Å². The molecular weight excluding hydrogens is 254 g/mol. The van der Waals surface area contributed by atoms with Crippen molar-refractivity contribution in [2.75, 3.05) is 11.1 Å². The van der Waals surface area contributed by atoms with Crippen molar-refractivity contribution in [3.8, 4) is 0 Å². The number of rotatable bonds is 4. The van der Waals surface area contributed by atoms with Crippen LogP contribution in [0.15, 0.2) is 33.9 Å². The van der Waals surface area contributed by atoms with Gasteiger partial charge in [0, 0.05) is 13.1 Å². The summed E-state index contributed by atoms with van der Waals surface area (Å²) >= 11 is 0. The standard InChI is InChI=1S/C12H13N3O2.ClH/c13-5-7-2-1-3-8(4-7)6-15-10-9(14)11(16)12(10)17;/h1-4,15H,5-6,13-14H2;1H. The molecule has 5 nitrogen and oxygen atoms in total. The zero-order valence-electron chi connectivity index (χ0n) is 9.60. The highest BCUT2D eigenvalue weighted by atomic mass is 35.5. The molecule has 0 saturated carbocycles. The fourth-order valence-electron chi connectivity index (χ4n) is 1.64. The smallest absolute Gasteiger partial charge is 0.253 e. The summed E-state index contributed by atoms with van der Waals surface area (Å²) in [5, 5.41) is 2.86. The normalized spacial score (nSPS) is 10.1. The molecule has 0 aliphatic rings. The van der Waals surface area contributed by atoms with Gasteiger partial charge in [-0.15, -0.1) is 12.4 Å². The van der Waals surface area contributed by atoms with Crippen molar-refractivity contribution in [1.29, 1.82) is 0 Å². The van der Waals surface area contributed by atoms with Crippen molar-refractivity contribution in [1.82, 2.24) is 0 Å². The number of hydrogen-bond donors (Lipinski definition) is 3. The van der Waals surface area contributed by atoms with Crippen LogP contribution in [0, 0.1) is 0 Å². The summed E-state index contributed by atoms with van der Waals surface area (Å²) in [6, 6.07) is 7.67. The first-order chi connectivity index (χ1) is 8.13. The highest BCUT2D eigenvalue weighted by Crippen LogP contribution is 2.12. The quantitative estimate of drug-likeness (QED) is 0.695. The first-order valence-electron chi connectivity index (χ1n) is 5.24. The summed E-state index contributed by atoms with van der Waals surface area (Å²) in [6.45, 7) is 0.916. The Bertz CT molecular complexity index is 618. The molecule has 0 aliphatic heterocycles. The van der Waals surface area contributed by atoms with E-state index >= 15 is 0 Å². The Morgan fingerprint density at radius 2 is 1.78 bits per heavy atom. The molecule has 0 spiro atoms. The average Bonchev–Trinajstić information content (AvgIpc) is 2.38. The maximum absolute atomic E-state index is 11.1. The molecule has 0 aromatic heterocycles. The van der Waals surface area contributed by atoms with Crippen molar-refractivity contribution < 1.29 is 0 Å². The molecule has 0 heterocycles. The molecule has 2 rings (SSSR count). The number of nitrogens with one attached hydrogen (secondary N) is 1. The van der Waals surface area contributed by atoms with Crippen LogP contribution in [-0.4, -0.2) is 0 Å². The fraction of sp³-hybridized carbons (Fsp3) is 0.167. The van der Waals surface area contributed by atoms with Gasteiger partial charge in [0.15, 0.2) is 0 Å². The number of anilines is 2. The molecule has 0 amide bonds. The van der Waals surface area contributed by atoms with E-state index in [1.54, 1.807) is 0 Å². The van der Waals surface area contributed by atoms with Crippen LogP contribution < -0.4 is 27.6 Å². The summed E-state index contributed by atoms with van der Waals surface area (Å²) < 4.78 is 0. The Labute approximate surface area is 110 Å². The van der Waals surface area contributed by atoms with E-state index in [0.29, 0.717) is 13.1 Å². The highest BCUT2D eigenvalue weighted by Gasteiger charge is 2.16. The van der Waals surface area contributed by atoms with Crippen molar-refractivity contribution >= 4 is 23.8 Å². The minimum Gasteiger partial charge on any atom is -0.394 e. The molecule has 0 bridgehead atoms. The number of nitrogens with two attached hydrogens (primary N) is 2. The minimum atomic E-state index is -0.608. The Kier molecular flexibility index (Phi) is 4.47. The van der Waals surface area contributed by atoms with E-state index in [2.05, 4.69) is 5.32 Å². The number of benzene rings is 1. The van der Waals surface area contributed by atoms with E-state index in [0.717, 1.165) is 11.1 Å². The second-order valence-corrected chi connectivity index (χ2v) is 3.82. The lowest BCUT2D eigenvalue weighted by molar-refractivity contribution is 1.05. The van der Waals surface area contributed by atoms with Gasteiger partial charge in [-0.25, -0.2) is 0 Å². The molecule has 2 aromatic rings. The zero-order valence-corrected chi connectivity index (χ0v) is 10.4. The summed E-state index contributed by atoms with van der Waals surface area (Å²) in [5.41, 5.74) is 12.0. The molecule has 5 N–H and O–H groups in total. The Balaban J connectivity index is 0.00000162. The van der Waals surface area contributed by atoms with Gasteiger partial charge in [0.2, 0.25) is 0 Å². The molecule has 0 aliphatic carbocycles. The molecule has 0 saturated heterocycles. The SMILES string of the molecule is Cl.NCc1cccc(CNc2c(N)c(=O)c2=O)c1. The topological polar surface area (TPSA) is 98.2 Å². The van der Waals surface area contributed by atoms with E-state index in [9.17, 15) is 9.59 Å². The van der Waals surface area contributed by atoms with Gasteiger partial charge in [0.25, 0.3) is 10.9 Å². The monoisotopic (exact) mass is 267 g/mol. The van der Waals surface area contributed by atoms with Gasteiger partial charge in [-0.3, -0.25) is 9.59 Å². The third-order valence-electron chi connectivity index (χ3n) is 2.64. The summed E-state index contributed by atoms with van der Waals surface area (Å²) in [5.74, 6) is 0. The summed E-state index contributed by atoms with van der Waals surface area (Å²) in [6.07, 6.45) is 0. The lowest BCUT2D eigenvalue weighted by atomic mass is 10.1. The van der Waals surface area contributed by atoms with Crippen LogP contribution in [0.3, 0.4) is 0 Å². The Morgan fingerprint density at radius 3 is 2.39 bits per heavy atom. The zero-order chi connectivity index (χ0) is 12.4. The maximum Gasteiger partial charge on any atom is 0.253 e. The molecular formula is C12H14ClN3O2. The number of halogens is 1. The second-order valence-electron chi connectivity index (χ2n) is 3.82. The lowest BCUT2D eigenvalue weighted by Gasteiger charge is -2.10. The first kappa shape index (κ1) is 14.2. The first-order valence-corrected chi connectivity index (χ1v) is 5.24. The molecule has 0 fully saturated rings. The predicted molar refractivity (Wildman–Crippen MR) is 74.7 cm³/mol. The van der Waals surface area contributed by atoms with Gasteiger partial charge in [-0.1, -0.05) is 24.3 Å². The Morgan fingerprint density at radius 1 is 1.11 bits per heavy atom. The van der Waals surface area contributed by atoms with Crippen LogP contribution in [0.1, 0.15) is 11.1 Å².